The average Bonchev–Trinajstić information content (AvgIpc) is 2.69. The van der Waals surface area contributed by atoms with Crippen LogP contribution in [-0.4, -0.2) is 54.0 Å². The molecule has 1 aromatic carbocycles. The van der Waals surface area contributed by atoms with Crippen LogP contribution in [0.2, 0.25) is 0 Å². The van der Waals surface area contributed by atoms with Crippen LogP contribution in [0.1, 0.15) is 51.0 Å². The minimum absolute atomic E-state index is 0.0634. The van der Waals surface area contributed by atoms with E-state index in [-0.39, 0.29) is 30.7 Å². The van der Waals surface area contributed by atoms with Gasteiger partial charge in [0.25, 0.3) is 10.1 Å². The minimum Gasteiger partial charge on any atom is -0.463 e. The van der Waals surface area contributed by atoms with Crippen molar-refractivity contribution in [1.82, 2.24) is 0 Å². The molecular weight excluding hydrogens is 396 g/mol. The van der Waals surface area contributed by atoms with Crippen LogP contribution in [0.3, 0.4) is 0 Å². The van der Waals surface area contributed by atoms with Crippen molar-refractivity contribution in [3.63, 3.8) is 0 Å². The summed E-state index contributed by atoms with van der Waals surface area (Å²) in [5, 5.41) is 0. The summed E-state index contributed by atoms with van der Waals surface area (Å²) in [4.78, 5) is 11.6. The molecule has 0 aliphatic carbocycles. The van der Waals surface area contributed by atoms with E-state index in [2.05, 4.69) is 6.92 Å². The zero-order chi connectivity index (χ0) is 21.4. The lowest BCUT2D eigenvalue weighted by molar-refractivity contribution is -0.145. The molecule has 1 aromatic rings. The van der Waals surface area contributed by atoms with Crippen molar-refractivity contribution in [1.29, 1.82) is 0 Å². The van der Waals surface area contributed by atoms with E-state index in [0.717, 1.165) is 24.8 Å². The summed E-state index contributed by atoms with van der Waals surface area (Å²) in [5.41, 5.74) is 0.976. The first-order chi connectivity index (χ1) is 14.0. The van der Waals surface area contributed by atoms with Gasteiger partial charge in [0.2, 0.25) is 0 Å². The Hall–Kier alpha value is -1.48. The predicted octanol–water partition coefficient (Wildman–Crippen LogP) is 3.64. The number of hydrogen-bond donors (Lipinski definition) is 0. The summed E-state index contributed by atoms with van der Waals surface area (Å²) in [6.45, 7) is 5.29. The van der Waals surface area contributed by atoms with Gasteiger partial charge >= 0.3 is 5.97 Å². The van der Waals surface area contributed by atoms with Gasteiger partial charge < -0.3 is 14.2 Å². The van der Waals surface area contributed by atoms with E-state index in [0.29, 0.717) is 26.2 Å². The molecule has 1 rings (SSSR count). The smallest absolute Gasteiger partial charge is 0.305 e. The molecule has 0 heterocycles. The highest BCUT2D eigenvalue weighted by molar-refractivity contribution is 7.86. The average molecular weight is 431 g/mol. The van der Waals surface area contributed by atoms with E-state index in [1.54, 1.807) is 12.1 Å². The van der Waals surface area contributed by atoms with Crippen molar-refractivity contribution in [3.05, 3.63) is 29.8 Å². The molecule has 0 saturated carbocycles. The topological polar surface area (TPSA) is 88.1 Å². The van der Waals surface area contributed by atoms with Crippen LogP contribution in [-0.2, 0) is 33.3 Å². The molecule has 8 heteroatoms. The Labute approximate surface area is 174 Å². The van der Waals surface area contributed by atoms with Gasteiger partial charge in [-0.2, -0.15) is 8.42 Å². The Bertz CT molecular complexity index is 656. The molecule has 0 aliphatic heterocycles. The van der Waals surface area contributed by atoms with Crippen molar-refractivity contribution >= 4 is 16.1 Å². The maximum atomic E-state index is 12.0. The fourth-order valence-electron chi connectivity index (χ4n) is 2.46. The number of unbranched alkanes of at least 4 members (excludes halogenated alkanes) is 4. The second kappa shape index (κ2) is 15.4. The third-order valence-corrected chi connectivity index (χ3v) is 5.45. The summed E-state index contributed by atoms with van der Waals surface area (Å²) >= 11 is 0. The highest BCUT2D eigenvalue weighted by Crippen LogP contribution is 2.12. The molecule has 0 spiro atoms. The van der Waals surface area contributed by atoms with Gasteiger partial charge in [0.1, 0.15) is 6.61 Å². The zero-order valence-electron chi connectivity index (χ0n) is 17.6. The standard InChI is InChI=1S/C21H34O7S/c1-3-4-5-6-7-8-21(22)27-17-15-25-13-14-26-16-18-28-29(23,24)20-11-9-19(2)10-12-20/h9-12H,3-8,13-18H2,1-2H3. The molecule has 7 nitrogen and oxygen atoms in total. The molecule has 0 atom stereocenters. The molecule has 0 saturated heterocycles. The molecule has 0 aliphatic rings. The quantitative estimate of drug-likeness (QED) is 0.212. The van der Waals surface area contributed by atoms with Gasteiger partial charge in [-0.1, -0.05) is 50.3 Å². The first-order valence-electron chi connectivity index (χ1n) is 10.2. The van der Waals surface area contributed by atoms with Crippen LogP contribution in [0.25, 0.3) is 0 Å². The molecule has 166 valence electrons. The second-order valence-electron chi connectivity index (χ2n) is 6.70. The highest BCUT2D eigenvalue weighted by Gasteiger charge is 2.14. The Morgan fingerprint density at radius 2 is 1.41 bits per heavy atom. The van der Waals surface area contributed by atoms with E-state index >= 15 is 0 Å². The maximum absolute atomic E-state index is 12.0. The van der Waals surface area contributed by atoms with E-state index in [1.165, 1.54) is 25.0 Å². The SMILES string of the molecule is CCCCCCCC(=O)OCCOCCOCCOS(=O)(=O)c1ccc(C)cc1. The van der Waals surface area contributed by atoms with Gasteiger partial charge in [-0.15, -0.1) is 0 Å². The molecule has 0 bridgehead atoms. The first-order valence-corrected chi connectivity index (χ1v) is 11.6. The molecule has 0 aromatic heterocycles. The third-order valence-electron chi connectivity index (χ3n) is 4.12. The fourth-order valence-corrected chi connectivity index (χ4v) is 3.35. The lowest BCUT2D eigenvalue weighted by Crippen LogP contribution is -2.15. The summed E-state index contributed by atoms with van der Waals surface area (Å²) in [7, 11) is -3.76. The summed E-state index contributed by atoms with van der Waals surface area (Å²) in [6, 6.07) is 6.46. The van der Waals surface area contributed by atoms with Crippen molar-refractivity contribution in [2.75, 3.05) is 39.6 Å². The molecule has 29 heavy (non-hydrogen) atoms. The Kier molecular flexibility index (Phi) is 13.5. The number of carbonyl (C=O) groups excluding carboxylic acids is 1. The zero-order valence-corrected chi connectivity index (χ0v) is 18.4. The summed E-state index contributed by atoms with van der Waals surface area (Å²) in [6.07, 6.45) is 5.95. The number of carbonyl (C=O) groups is 1. The van der Waals surface area contributed by atoms with Crippen molar-refractivity contribution < 1.29 is 31.6 Å². The molecule has 0 unspecified atom stereocenters. The third kappa shape index (κ3) is 12.6. The van der Waals surface area contributed by atoms with Gasteiger partial charge in [0, 0.05) is 6.42 Å². The Morgan fingerprint density at radius 1 is 0.828 bits per heavy atom. The number of aryl methyl sites for hydroxylation is 1. The summed E-state index contributed by atoms with van der Waals surface area (Å²) < 4.78 is 44.5. The van der Waals surface area contributed by atoms with E-state index in [4.69, 9.17) is 18.4 Å². The second-order valence-corrected chi connectivity index (χ2v) is 8.31. The van der Waals surface area contributed by atoms with Crippen molar-refractivity contribution in [3.8, 4) is 0 Å². The predicted molar refractivity (Wildman–Crippen MR) is 110 cm³/mol. The number of esters is 1. The largest absolute Gasteiger partial charge is 0.463 e. The molecule has 0 N–H and O–H groups in total. The van der Waals surface area contributed by atoms with Gasteiger partial charge in [-0.25, -0.2) is 0 Å². The van der Waals surface area contributed by atoms with Crippen LogP contribution in [0.5, 0.6) is 0 Å². The lowest BCUT2D eigenvalue weighted by atomic mass is 10.1. The van der Waals surface area contributed by atoms with Gasteiger partial charge in [-0.05, 0) is 25.5 Å². The van der Waals surface area contributed by atoms with Gasteiger partial charge in [0.15, 0.2) is 0 Å². The Balaban J connectivity index is 1.94. The molecule has 0 fully saturated rings. The van der Waals surface area contributed by atoms with Crippen LogP contribution in [0, 0.1) is 6.92 Å². The number of benzene rings is 1. The highest BCUT2D eigenvalue weighted by atomic mass is 32.2. The molecule has 0 radical (unpaired) electrons. The lowest BCUT2D eigenvalue weighted by Gasteiger charge is -2.08. The van der Waals surface area contributed by atoms with E-state index in [9.17, 15) is 13.2 Å². The van der Waals surface area contributed by atoms with Crippen LogP contribution < -0.4 is 0 Å². The van der Waals surface area contributed by atoms with Crippen LogP contribution in [0.15, 0.2) is 29.2 Å². The molecular formula is C21H34O7S. The van der Waals surface area contributed by atoms with Crippen LogP contribution in [0.4, 0.5) is 0 Å². The maximum Gasteiger partial charge on any atom is 0.305 e. The van der Waals surface area contributed by atoms with Crippen LogP contribution >= 0.6 is 0 Å². The van der Waals surface area contributed by atoms with Gasteiger partial charge in [-0.3, -0.25) is 8.98 Å². The Morgan fingerprint density at radius 3 is 2.07 bits per heavy atom. The number of rotatable bonds is 17. The van der Waals surface area contributed by atoms with Crippen molar-refractivity contribution in [2.24, 2.45) is 0 Å². The normalized spacial score (nSPS) is 11.5. The fraction of sp³-hybridized carbons (Fsp3) is 0.667. The van der Waals surface area contributed by atoms with E-state index < -0.39 is 10.1 Å². The van der Waals surface area contributed by atoms with Gasteiger partial charge in [0.05, 0.1) is 37.9 Å². The van der Waals surface area contributed by atoms with E-state index in [1.807, 2.05) is 6.92 Å². The minimum atomic E-state index is -3.76. The monoisotopic (exact) mass is 430 g/mol. The number of hydrogen-bond acceptors (Lipinski definition) is 7. The van der Waals surface area contributed by atoms with Crippen molar-refractivity contribution in [2.45, 2.75) is 57.3 Å². The summed E-state index contributed by atoms with van der Waals surface area (Å²) in [5.74, 6) is -0.187. The first kappa shape index (κ1) is 25.6. The number of ether oxygens (including phenoxy) is 3. The molecule has 0 amide bonds.